The number of hydrogen-bond donors (Lipinski definition) is 1. The quantitative estimate of drug-likeness (QED) is 0.522. The van der Waals surface area contributed by atoms with Crippen molar-refractivity contribution in [3.8, 4) is 22.8 Å². The van der Waals surface area contributed by atoms with Crippen LogP contribution in [0.1, 0.15) is 10.4 Å². The molecule has 2 heterocycles. The summed E-state index contributed by atoms with van der Waals surface area (Å²) in [6.07, 6.45) is 3.54. The van der Waals surface area contributed by atoms with E-state index >= 15 is 0 Å². The second-order valence-corrected chi connectivity index (χ2v) is 6.58. The average molecular weight is 404 g/mol. The number of imidazole rings is 1. The van der Waals surface area contributed by atoms with Crippen molar-refractivity contribution in [1.29, 1.82) is 0 Å². The normalized spacial score (nSPS) is 10.8. The van der Waals surface area contributed by atoms with Crippen LogP contribution in [0.15, 0.2) is 60.9 Å². The summed E-state index contributed by atoms with van der Waals surface area (Å²) in [6.45, 7) is 0. The van der Waals surface area contributed by atoms with Gasteiger partial charge in [0.2, 0.25) is 5.95 Å². The summed E-state index contributed by atoms with van der Waals surface area (Å²) in [5.41, 5.74) is 3.34. The molecule has 2 aromatic carbocycles. The number of hydrogen-bond acceptors (Lipinski definition) is 6. The van der Waals surface area contributed by atoms with Crippen molar-refractivity contribution in [2.45, 2.75) is 0 Å². The Labute approximate surface area is 173 Å². The lowest BCUT2D eigenvalue weighted by atomic mass is 10.1. The Kier molecular flexibility index (Phi) is 4.97. The lowest BCUT2D eigenvalue weighted by Crippen LogP contribution is -2.15. The molecule has 0 atom stereocenters. The van der Waals surface area contributed by atoms with Gasteiger partial charge in [0.25, 0.3) is 0 Å². The fourth-order valence-corrected chi connectivity index (χ4v) is 3.23. The Balaban J connectivity index is 1.81. The Morgan fingerprint density at radius 1 is 1.03 bits per heavy atom. The van der Waals surface area contributed by atoms with Crippen LogP contribution in [-0.4, -0.2) is 46.7 Å². The molecule has 4 aromatic rings. The van der Waals surface area contributed by atoms with Crippen molar-refractivity contribution in [1.82, 2.24) is 14.4 Å². The van der Waals surface area contributed by atoms with Crippen molar-refractivity contribution in [3.05, 3.63) is 66.5 Å². The minimum absolute atomic E-state index is 0.229. The highest BCUT2D eigenvalue weighted by molar-refractivity contribution is 5.88. The molecule has 0 aliphatic carbocycles. The number of fused-ring (bicyclic) bond motifs is 1. The summed E-state index contributed by atoms with van der Waals surface area (Å²) in [5, 5.41) is 9.13. The Hall–Kier alpha value is -4.07. The van der Waals surface area contributed by atoms with E-state index in [-0.39, 0.29) is 5.56 Å². The van der Waals surface area contributed by atoms with Crippen LogP contribution in [0.4, 0.5) is 11.6 Å². The predicted octanol–water partition coefficient (Wildman–Crippen LogP) is 3.88. The number of carbonyl (C=O) groups is 1. The van der Waals surface area contributed by atoms with Gasteiger partial charge in [-0.1, -0.05) is 0 Å². The summed E-state index contributed by atoms with van der Waals surface area (Å²) in [4.78, 5) is 22.3. The van der Waals surface area contributed by atoms with Gasteiger partial charge in [0.15, 0.2) is 11.5 Å². The van der Waals surface area contributed by atoms with Gasteiger partial charge in [-0.05, 0) is 42.5 Å². The van der Waals surface area contributed by atoms with Crippen LogP contribution in [0.3, 0.4) is 0 Å². The third-order valence-corrected chi connectivity index (χ3v) is 4.85. The number of carboxylic acid groups (broad SMARTS) is 1. The maximum atomic E-state index is 11.1. The first-order chi connectivity index (χ1) is 14.5. The number of nitrogens with zero attached hydrogens (tertiary/aromatic N) is 4. The Bertz CT molecular complexity index is 1220. The molecule has 0 fully saturated rings. The third kappa shape index (κ3) is 3.39. The highest BCUT2D eigenvalue weighted by Gasteiger charge is 2.15. The number of rotatable bonds is 6. The SMILES string of the molecule is COc1ccc(-c2cc3nccn3c(N(C)c3ccc(C(=O)O)cc3)n2)cc1OC. The molecule has 0 unspecified atom stereocenters. The van der Waals surface area contributed by atoms with Crippen molar-refractivity contribution in [2.24, 2.45) is 0 Å². The molecule has 8 nitrogen and oxygen atoms in total. The van der Waals surface area contributed by atoms with Crippen LogP contribution < -0.4 is 14.4 Å². The van der Waals surface area contributed by atoms with Crippen LogP contribution in [0.5, 0.6) is 11.5 Å². The summed E-state index contributed by atoms with van der Waals surface area (Å²) < 4.78 is 12.6. The van der Waals surface area contributed by atoms with Gasteiger partial charge in [0.05, 0.1) is 25.5 Å². The van der Waals surface area contributed by atoms with Crippen molar-refractivity contribution >= 4 is 23.3 Å². The molecule has 0 saturated heterocycles. The van der Waals surface area contributed by atoms with Gasteiger partial charge in [-0.3, -0.25) is 4.40 Å². The molecule has 0 bridgehead atoms. The fraction of sp³-hybridized carbons (Fsp3) is 0.136. The molecule has 4 rings (SSSR count). The Morgan fingerprint density at radius 2 is 1.77 bits per heavy atom. The fourth-order valence-electron chi connectivity index (χ4n) is 3.23. The van der Waals surface area contributed by atoms with Gasteiger partial charge in [-0.15, -0.1) is 0 Å². The molecule has 0 saturated carbocycles. The van der Waals surface area contributed by atoms with E-state index in [0.29, 0.717) is 17.4 Å². The van der Waals surface area contributed by atoms with E-state index in [9.17, 15) is 4.79 Å². The first kappa shape index (κ1) is 19.3. The second kappa shape index (κ2) is 7.75. The summed E-state index contributed by atoms with van der Waals surface area (Å²) in [6, 6.07) is 14.1. The molecule has 0 spiro atoms. The third-order valence-electron chi connectivity index (χ3n) is 4.85. The van der Waals surface area contributed by atoms with Crippen LogP contribution in [0.25, 0.3) is 16.9 Å². The molecule has 1 N–H and O–H groups in total. The predicted molar refractivity (Wildman–Crippen MR) is 113 cm³/mol. The largest absolute Gasteiger partial charge is 0.493 e. The lowest BCUT2D eigenvalue weighted by molar-refractivity contribution is 0.0697. The number of aromatic carboxylic acids is 1. The van der Waals surface area contributed by atoms with E-state index in [1.54, 1.807) is 44.7 Å². The van der Waals surface area contributed by atoms with Gasteiger partial charge in [0.1, 0.15) is 5.65 Å². The molecule has 30 heavy (non-hydrogen) atoms. The highest BCUT2D eigenvalue weighted by Crippen LogP contribution is 2.33. The monoisotopic (exact) mass is 404 g/mol. The first-order valence-corrected chi connectivity index (χ1v) is 9.15. The zero-order valence-corrected chi connectivity index (χ0v) is 16.7. The molecular weight excluding hydrogens is 384 g/mol. The topological polar surface area (TPSA) is 89.2 Å². The van der Waals surface area contributed by atoms with Gasteiger partial charge < -0.3 is 19.5 Å². The number of ether oxygens (including phenoxy) is 2. The van der Waals surface area contributed by atoms with E-state index < -0.39 is 5.97 Å². The highest BCUT2D eigenvalue weighted by atomic mass is 16.5. The molecule has 2 aromatic heterocycles. The van der Waals surface area contributed by atoms with E-state index in [2.05, 4.69) is 4.98 Å². The summed E-state index contributed by atoms with van der Waals surface area (Å²) in [7, 11) is 5.05. The van der Waals surface area contributed by atoms with E-state index in [0.717, 1.165) is 22.6 Å². The average Bonchev–Trinajstić information content (AvgIpc) is 3.26. The van der Waals surface area contributed by atoms with E-state index in [4.69, 9.17) is 19.6 Å². The summed E-state index contributed by atoms with van der Waals surface area (Å²) in [5.74, 6) is 0.922. The van der Waals surface area contributed by atoms with Crippen LogP contribution in [0.2, 0.25) is 0 Å². The maximum Gasteiger partial charge on any atom is 0.335 e. The minimum atomic E-state index is -0.963. The molecular formula is C22H20N4O4. The van der Waals surface area contributed by atoms with Gasteiger partial charge in [-0.25, -0.2) is 14.8 Å². The number of methoxy groups -OCH3 is 2. The van der Waals surface area contributed by atoms with Gasteiger partial charge in [0, 0.05) is 36.8 Å². The van der Waals surface area contributed by atoms with E-state index in [1.807, 2.05) is 46.8 Å². The maximum absolute atomic E-state index is 11.1. The molecule has 0 amide bonds. The standard InChI is InChI=1S/C22H20N4O4/c1-25(16-7-4-14(5-8-16)21(27)28)22-24-17(13-20-23-10-11-26(20)22)15-6-9-18(29-2)19(12-15)30-3/h4-13H,1-3H3,(H,27,28). The van der Waals surface area contributed by atoms with Gasteiger partial charge in [-0.2, -0.15) is 0 Å². The smallest absolute Gasteiger partial charge is 0.335 e. The Morgan fingerprint density at radius 3 is 2.43 bits per heavy atom. The molecule has 152 valence electrons. The van der Waals surface area contributed by atoms with Crippen molar-refractivity contribution in [2.75, 3.05) is 26.2 Å². The van der Waals surface area contributed by atoms with Crippen molar-refractivity contribution in [3.63, 3.8) is 0 Å². The number of anilines is 2. The van der Waals surface area contributed by atoms with E-state index in [1.165, 1.54) is 0 Å². The second-order valence-electron chi connectivity index (χ2n) is 6.58. The molecule has 0 radical (unpaired) electrons. The number of aromatic nitrogens is 3. The zero-order chi connectivity index (χ0) is 21.3. The summed E-state index contributed by atoms with van der Waals surface area (Å²) >= 11 is 0. The molecule has 0 aliphatic heterocycles. The first-order valence-electron chi connectivity index (χ1n) is 9.15. The number of benzene rings is 2. The molecule has 0 aliphatic rings. The molecule has 8 heteroatoms. The van der Waals surface area contributed by atoms with Crippen LogP contribution in [0, 0.1) is 0 Å². The van der Waals surface area contributed by atoms with Crippen LogP contribution >= 0.6 is 0 Å². The van der Waals surface area contributed by atoms with Gasteiger partial charge >= 0.3 is 5.97 Å². The lowest BCUT2D eigenvalue weighted by Gasteiger charge is -2.20. The van der Waals surface area contributed by atoms with Crippen molar-refractivity contribution < 1.29 is 19.4 Å². The minimum Gasteiger partial charge on any atom is -0.493 e. The number of carboxylic acids is 1. The zero-order valence-electron chi connectivity index (χ0n) is 16.7. The van der Waals surface area contributed by atoms with Crippen LogP contribution in [-0.2, 0) is 0 Å².